The molecule has 2 aromatic heterocycles. The zero-order valence-electron chi connectivity index (χ0n) is 9.19. The first-order valence-electron chi connectivity index (χ1n) is 5.68. The molecule has 0 spiro atoms. The lowest BCUT2D eigenvalue weighted by Gasteiger charge is -2.25. The van der Waals surface area contributed by atoms with Crippen molar-refractivity contribution in [3.63, 3.8) is 0 Å². The zero-order chi connectivity index (χ0) is 11.1. The molecule has 16 heavy (non-hydrogen) atoms. The average Bonchev–Trinajstić information content (AvgIpc) is 2.57. The van der Waals surface area contributed by atoms with Crippen molar-refractivity contribution in [2.24, 2.45) is 5.73 Å². The van der Waals surface area contributed by atoms with E-state index >= 15 is 0 Å². The molecule has 0 aliphatic heterocycles. The summed E-state index contributed by atoms with van der Waals surface area (Å²) in [6, 6.07) is 4.28. The fraction of sp³-hybridized carbons (Fsp3) is 0.308. The Bertz CT molecular complexity index is 549. The van der Waals surface area contributed by atoms with E-state index in [1.54, 1.807) is 6.20 Å². The van der Waals surface area contributed by atoms with Crippen molar-refractivity contribution in [2.45, 2.75) is 25.2 Å². The number of fused-ring (bicyclic) bond motifs is 1. The maximum Gasteiger partial charge on any atom is 0.0754 e. The minimum atomic E-state index is 0.575. The molecule has 0 atom stereocenters. The summed E-state index contributed by atoms with van der Waals surface area (Å²) in [7, 11) is 0. The van der Waals surface area contributed by atoms with Crippen molar-refractivity contribution >= 4 is 11.2 Å². The van der Waals surface area contributed by atoms with Crippen molar-refractivity contribution in [3.05, 3.63) is 42.2 Å². The van der Waals surface area contributed by atoms with E-state index in [-0.39, 0.29) is 0 Å². The second-order valence-corrected chi connectivity index (χ2v) is 4.50. The van der Waals surface area contributed by atoms with Crippen LogP contribution in [-0.4, -0.2) is 9.61 Å². The van der Waals surface area contributed by atoms with Gasteiger partial charge in [-0.05, 0) is 30.4 Å². The summed E-state index contributed by atoms with van der Waals surface area (Å²) in [5.41, 5.74) is 9.64. The predicted molar refractivity (Wildman–Crippen MR) is 65.0 cm³/mol. The van der Waals surface area contributed by atoms with E-state index in [9.17, 15) is 0 Å². The fourth-order valence-corrected chi connectivity index (χ4v) is 2.23. The molecule has 0 bridgehead atoms. The number of nitrogens with zero attached hydrogens (tertiary/aromatic N) is 2. The number of pyridine rings is 1. The van der Waals surface area contributed by atoms with Gasteiger partial charge in [0.25, 0.3) is 0 Å². The standard InChI is InChI=1S/C13H15N3/c1-9(14)12-7-15-16-8-11(5-6-13(12)16)10-3-2-4-10/h5-8,10H,1-4,14H2. The molecule has 0 amide bonds. The highest BCUT2D eigenvalue weighted by molar-refractivity contribution is 5.74. The van der Waals surface area contributed by atoms with Crippen LogP contribution in [0, 0.1) is 0 Å². The van der Waals surface area contributed by atoms with E-state index in [4.69, 9.17) is 5.73 Å². The molecule has 0 saturated heterocycles. The van der Waals surface area contributed by atoms with Gasteiger partial charge in [0, 0.05) is 17.5 Å². The molecule has 1 fully saturated rings. The normalized spacial score (nSPS) is 16.2. The fourth-order valence-electron chi connectivity index (χ4n) is 2.23. The zero-order valence-corrected chi connectivity index (χ0v) is 9.19. The monoisotopic (exact) mass is 213 g/mol. The van der Waals surface area contributed by atoms with E-state index in [0.717, 1.165) is 17.0 Å². The van der Waals surface area contributed by atoms with E-state index in [0.29, 0.717) is 5.70 Å². The SMILES string of the molecule is C=C(N)c1cnn2cc(C3CCC3)ccc12. The van der Waals surface area contributed by atoms with Gasteiger partial charge in [-0.2, -0.15) is 5.10 Å². The van der Waals surface area contributed by atoms with E-state index in [1.807, 2.05) is 4.52 Å². The molecule has 2 heterocycles. The highest BCUT2D eigenvalue weighted by Gasteiger charge is 2.20. The molecule has 0 radical (unpaired) electrons. The maximum absolute atomic E-state index is 5.71. The molecule has 0 unspecified atom stereocenters. The van der Waals surface area contributed by atoms with Crippen LogP contribution in [0.4, 0.5) is 0 Å². The van der Waals surface area contributed by atoms with Crippen LogP contribution in [-0.2, 0) is 0 Å². The van der Waals surface area contributed by atoms with Gasteiger partial charge in [-0.25, -0.2) is 4.52 Å². The van der Waals surface area contributed by atoms with Gasteiger partial charge in [0.2, 0.25) is 0 Å². The lowest BCUT2D eigenvalue weighted by atomic mass is 9.81. The number of aromatic nitrogens is 2. The van der Waals surface area contributed by atoms with Crippen molar-refractivity contribution in [2.75, 3.05) is 0 Å². The smallest absolute Gasteiger partial charge is 0.0754 e. The number of hydrogen-bond acceptors (Lipinski definition) is 2. The van der Waals surface area contributed by atoms with Crippen LogP contribution < -0.4 is 5.73 Å². The van der Waals surface area contributed by atoms with Gasteiger partial charge in [-0.15, -0.1) is 0 Å². The molecule has 2 aromatic rings. The van der Waals surface area contributed by atoms with Crippen molar-refractivity contribution in [3.8, 4) is 0 Å². The van der Waals surface area contributed by atoms with E-state index in [1.165, 1.54) is 24.8 Å². The Hall–Kier alpha value is -1.77. The van der Waals surface area contributed by atoms with Crippen LogP contribution in [0.1, 0.15) is 36.3 Å². The molecule has 1 saturated carbocycles. The summed E-state index contributed by atoms with van der Waals surface area (Å²) in [5, 5.41) is 4.32. The Morgan fingerprint density at radius 3 is 2.88 bits per heavy atom. The lowest BCUT2D eigenvalue weighted by Crippen LogP contribution is -2.09. The summed E-state index contributed by atoms with van der Waals surface area (Å²) in [6.45, 7) is 3.76. The van der Waals surface area contributed by atoms with Crippen LogP contribution in [0.15, 0.2) is 31.1 Å². The summed E-state index contributed by atoms with van der Waals surface area (Å²) < 4.78 is 1.90. The van der Waals surface area contributed by atoms with E-state index < -0.39 is 0 Å². The topological polar surface area (TPSA) is 43.3 Å². The third kappa shape index (κ3) is 1.32. The van der Waals surface area contributed by atoms with Gasteiger partial charge in [0.05, 0.1) is 11.7 Å². The minimum absolute atomic E-state index is 0.575. The third-order valence-corrected chi connectivity index (χ3v) is 3.46. The van der Waals surface area contributed by atoms with E-state index in [2.05, 4.69) is 30.0 Å². The Balaban J connectivity index is 2.09. The van der Waals surface area contributed by atoms with Crippen LogP contribution in [0.25, 0.3) is 11.2 Å². The van der Waals surface area contributed by atoms with Gasteiger partial charge < -0.3 is 5.73 Å². The van der Waals surface area contributed by atoms with Crippen LogP contribution in [0.5, 0.6) is 0 Å². The maximum atomic E-state index is 5.71. The van der Waals surface area contributed by atoms with Crippen molar-refractivity contribution in [1.82, 2.24) is 9.61 Å². The largest absolute Gasteiger partial charge is 0.399 e. The number of rotatable bonds is 2. The molecule has 3 rings (SSSR count). The molecule has 1 aliphatic carbocycles. The highest BCUT2D eigenvalue weighted by Crippen LogP contribution is 2.36. The number of hydrogen-bond donors (Lipinski definition) is 1. The quantitative estimate of drug-likeness (QED) is 0.833. The first-order valence-corrected chi connectivity index (χ1v) is 5.68. The Morgan fingerprint density at radius 2 is 2.25 bits per heavy atom. The Kier molecular flexibility index (Phi) is 1.99. The van der Waals surface area contributed by atoms with Gasteiger partial charge in [0.1, 0.15) is 0 Å². The summed E-state index contributed by atoms with van der Waals surface area (Å²) in [6.07, 6.45) is 7.87. The predicted octanol–water partition coefficient (Wildman–Crippen LogP) is 2.53. The molecule has 82 valence electrons. The summed E-state index contributed by atoms with van der Waals surface area (Å²) >= 11 is 0. The van der Waals surface area contributed by atoms with Gasteiger partial charge in [-0.3, -0.25) is 0 Å². The second kappa shape index (κ2) is 3.37. The lowest BCUT2D eigenvalue weighted by molar-refractivity contribution is 0.418. The summed E-state index contributed by atoms with van der Waals surface area (Å²) in [5.74, 6) is 0.734. The average molecular weight is 213 g/mol. The molecule has 3 heteroatoms. The molecule has 1 aliphatic rings. The van der Waals surface area contributed by atoms with Crippen molar-refractivity contribution < 1.29 is 0 Å². The van der Waals surface area contributed by atoms with Gasteiger partial charge in [0.15, 0.2) is 0 Å². The first kappa shape index (κ1) is 9.46. The van der Waals surface area contributed by atoms with Crippen molar-refractivity contribution in [1.29, 1.82) is 0 Å². The second-order valence-electron chi connectivity index (χ2n) is 4.50. The number of nitrogens with two attached hydrogens (primary N) is 1. The minimum Gasteiger partial charge on any atom is -0.399 e. The Morgan fingerprint density at radius 1 is 1.44 bits per heavy atom. The summed E-state index contributed by atoms with van der Waals surface area (Å²) in [4.78, 5) is 0. The van der Waals surface area contributed by atoms with Crippen LogP contribution in [0.3, 0.4) is 0 Å². The molecule has 3 nitrogen and oxygen atoms in total. The molecule has 2 N–H and O–H groups in total. The highest BCUT2D eigenvalue weighted by atomic mass is 15.2. The first-order chi connectivity index (χ1) is 7.75. The Labute approximate surface area is 94.6 Å². The van der Waals surface area contributed by atoms with Gasteiger partial charge in [-0.1, -0.05) is 19.1 Å². The molecule has 0 aromatic carbocycles. The third-order valence-electron chi connectivity index (χ3n) is 3.46. The van der Waals surface area contributed by atoms with Gasteiger partial charge >= 0.3 is 0 Å². The van der Waals surface area contributed by atoms with Crippen LogP contribution >= 0.6 is 0 Å². The molecular weight excluding hydrogens is 198 g/mol. The molecular formula is C13H15N3. The van der Waals surface area contributed by atoms with Crippen LogP contribution in [0.2, 0.25) is 0 Å².